The molecule has 61 heavy (non-hydrogen) atoms. The van der Waals surface area contributed by atoms with Crippen LogP contribution in [0.1, 0.15) is 277 Å². The SMILES string of the molecule is CCCCCCC/C=C\CCCCCCCC(=O)OCCCC/C=C\CCCCCCC(=O)NC(CO)C(O)/C=C/CCCCCCCCCCCCCCCCCCCC. The molecule has 0 heterocycles. The van der Waals surface area contributed by atoms with Crippen molar-refractivity contribution in [3.8, 4) is 0 Å². The van der Waals surface area contributed by atoms with Crippen molar-refractivity contribution in [2.24, 2.45) is 0 Å². The second-order valence-corrected chi connectivity index (χ2v) is 18.2. The van der Waals surface area contributed by atoms with Crippen molar-refractivity contribution in [1.29, 1.82) is 0 Å². The van der Waals surface area contributed by atoms with E-state index in [0.29, 0.717) is 19.4 Å². The van der Waals surface area contributed by atoms with Gasteiger partial charge in [-0.1, -0.05) is 217 Å². The van der Waals surface area contributed by atoms with Crippen LogP contribution >= 0.6 is 0 Å². The fourth-order valence-corrected chi connectivity index (χ4v) is 7.97. The molecule has 0 aromatic rings. The van der Waals surface area contributed by atoms with E-state index in [9.17, 15) is 19.8 Å². The number of hydrogen-bond donors (Lipinski definition) is 3. The van der Waals surface area contributed by atoms with Crippen LogP contribution in [0.4, 0.5) is 0 Å². The molecule has 0 fully saturated rings. The Morgan fingerprint density at radius 2 is 0.770 bits per heavy atom. The molecular weight excluding hydrogens is 755 g/mol. The van der Waals surface area contributed by atoms with Gasteiger partial charge in [-0.2, -0.15) is 0 Å². The number of carbonyl (C=O) groups is 2. The van der Waals surface area contributed by atoms with Crippen molar-refractivity contribution >= 4 is 11.9 Å². The highest BCUT2D eigenvalue weighted by molar-refractivity contribution is 5.76. The molecule has 0 aromatic heterocycles. The molecule has 0 aromatic carbocycles. The zero-order valence-electron chi connectivity index (χ0n) is 40.6. The summed E-state index contributed by atoms with van der Waals surface area (Å²) in [5.41, 5.74) is 0. The van der Waals surface area contributed by atoms with Gasteiger partial charge in [0.2, 0.25) is 5.91 Å². The minimum absolute atomic E-state index is 0.0471. The molecule has 2 unspecified atom stereocenters. The molecule has 0 spiro atoms. The number of aliphatic hydroxyl groups is 2. The lowest BCUT2D eigenvalue weighted by molar-refractivity contribution is -0.143. The van der Waals surface area contributed by atoms with Gasteiger partial charge in [-0.15, -0.1) is 0 Å². The highest BCUT2D eigenvalue weighted by Gasteiger charge is 2.18. The third kappa shape index (κ3) is 47.4. The average molecular weight is 858 g/mol. The zero-order valence-corrected chi connectivity index (χ0v) is 40.6. The summed E-state index contributed by atoms with van der Waals surface area (Å²) in [6.07, 6.45) is 61.5. The molecule has 0 radical (unpaired) electrons. The number of rotatable bonds is 49. The van der Waals surface area contributed by atoms with Crippen LogP contribution in [-0.4, -0.2) is 47.4 Å². The minimum Gasteiger partial charge on any atom is -0.466 e. The maximum atomic E-state index is 12.4. The van der Waals surface area contributed by atoms with E-state index in [0.717, 1.165) is 77.0 Å². The molecule has 0 aliphatic carbocycles. The maximum absolute atomic E-state index is 12.4. The highest BCUT2D eigenvalue weighted by atomic mass is 16.5. The molecule has 0 saturated heterocycles. The fraction of sp³-hybridized carbons (Fsp3) is 0.855. The molecule has 1 amide bonds. The van der Waals surface area contributed by atoms with Gasteiger partial charge in [0.05, 0.1) is 25.4 Å². The summed E-state index contributed by atoms with van der Waals surface area (Å²) in [6, 6.07) is -0.654. The van der Waals surface area contributed by atoms with Gasteiger partial charge in [-0.3, -0.25) is 9.59 Å². The topological polar surface area (TPSA) is 95.9 Å². The number of unbranched alkanes of at least 4 members (excludes halogenated alkanes) is 34. The molecular formula is C55H103NO5. The normalized spacial score (nSPS) is 12.9. The van der Waals surface area contributed by atoms with E-state index < -0.39 is 12.1 Å². The first-order chi connectivity index (χ1) is 30.0. The lowest BCUT2D eigenvalue weighted by atomic mass is 10.0. The monoisotopic (exact) mass is 858 g/mol. The number of aliphatic hydroxyl groups excluding tert-OH is 2. The number of ether oxygens (including phenoxy) is 1. The Balaban J connectivity index is 3.57. The Morgan fingerprint density at radius 1 is 0.443 bits per heavy atom. The first-order valence-corrected chi connectivity index (χ1v) is 26.8. The van der Waals surface area contributed by atoms with Gasteiger partial charge in [-0.05, 0) is 83.5 Å². The van der Waals surface area contributed by atoms with Crippen molar-refractivity contribution in [2.45, 2.75) is 289 Å². The van der Waals surface area contributed by atoms with Crippen molar-refractivity contribution in [3.05, 3.63) is 36.5 Å². The highest BCUT2D eigenvalue weighted by Crippen LogP contribution is 2.16. The van der Waals surface area contributed by atoms with E-state index in [-0.39, 0.29) is 18.5 Å². The van der Waals surface area contributed by atoms with Crippen LogP contribution < -0.4 is 5.32 Å². The van der Waals surface area contributed by atoms with Crippen molar-refractivity contribution in [3.63, 3.8) is 0 Å². The van der Waals surface area contributed by atoms with Crippen LogP contribution in [0.5, 0.6) is 0 Å². The van der Waals surface area contributed by atoms with Crippen LogP contribution in [0.15, 0.2) is 36.5 Å². The average Bonchev–Trinajstić information content (AvgIpc) is 3.26. The van der Waals surface area contributed by atoms with Crippen molar-refractivity contribution < 1.29 is 24.5 Å². The van der Waals surface area contributed by atoms with Crippen LogP contribution in [0.2, 0.25) is 0 Å². The summed E-state index contributed by atoms with van der Waals surface area (Å²) in [7, 11) is 0. The first kappa shape index (κ1) is 59.1. The number of nitrogens with one attached hydrogen (secondary N) is 1. The smallest absolute Gasteiger partial charge is 0.305 e. The molecule has 6 nitrogen and oxygen atoms in total. The second-order valence-electron chi connectivity index (χ2n) is 18.2. The molecule has 0 saturated carbocycles. The van der Waals surface area contributed by atoms with Gasteiger partial charge >= 0.3 is 5.97 Å². The summed E-state index contributed by atoms with van der Waals surface area (Å²) in [4.78, 5) is 24.5. The second kappa shape index (κ2) is 50.7. The maximum Gasteiger partial charge on any atom is 0.305 e. The van der Waals surface area contributed by atoms with Crippen LogP contribution in [0.3, 0.4) is 0 Å². The molecule has 0 bridgehead atoms. The molecule has 0 aliphatic heterocycles. The summed E-state index contributed by atoms with van der Waals surface area (Å²) in [5.74, 6) is -0.150. The van der Waals surface area contributed by atoms with E-state index >= 15 is 0 Å². The molecule has 6 heteroatoms. The van der Waals surface area contributed by atoms with Gasteiger partial charge in [0.1, 0.15) is 0 Å². The van der Waals surface area contributed by atoms with E-state index in [1.807, 2.05) is 6.08 Å². The lowest BCUT2D eigenvalue weighted by Crippen LogP contribution is -2.45. The molecule has 2 atom stereocenters. The molecule has 358 valence electrons. The minimum atomic E-state index is -0.867. The third-order valence-corrected chi connectivity index (χ3v) is 12.1. The fourth-order valence-electron chi connectivity index (χ4n) is 7.97. The number of amides is 1. The number of hydrogen-bond acceptors (Lipinski definition) is 5. The predicted octanol–water partition coefficient (Wildman–Crippen LogP) is 16.1. The number of carbonyl (C=O) groups excluding carboxylic acids is 2. The van der Waals surface area contributed by atoms with Crippen LogP contribution in [-0.2, 0) is 14.3 Å². The molecule has 0 rings (SSSR count). The standard InChI is InChI=1S/C55H103NO5/c1-3-5-7-9-11-13-15-17-19-20-21-22-23-24-25-27-31-35-39-43-47-53(58)52(51-57)56-54(59)48-44-40-36-32-29-30-34-38-42-46-50-61-55(60)49-45-41-37-33-28-26-18-16-14-12-10-8-6-4-2/h16,18,30,34,43,47,52-53,57-58H,3-15,17,19-29,31-33,35-42,44-46,48-51H2,1-2H3,(H,56,59)/b18-16-,34-30-,47-43+. The van der Waals surface area contributed by atoms with Crippen LogP contribution in [0, 0.1) is 0 Å². The van der Waals surface area contributed by atoms with Gasteiger partial charge in [0, 0.05) is 12.8 Å². The van der Waals surface area contributed by atoms with Gasteiger partial charge < -0.3 is 20.3 Å². The van der Waals surface area contributed by atoms with E-state index in [1.54, 1.807) is 6.08 Å². The van der Waals surface area contributed by atoms with Gasteiger partial charge in [0.15, 0.2) is 0 Å². The Hall–Kier alpha value is -1.92. The zero-order chi connectivity index (χ0) is 44.4. The molecule has 0 aliphatic rings. The Kier molecular flexibility index (Phi) is 49.1. The van der Waals surface area contributed by atoms with Gasteiger partial charge in [-0.25, -0.2) is 0 Å². The Bertz CT molecular complexity index is 993. The number of esters is 1. The first-order valence-electron chi connectivity index (χ1n) is 26.8. The van der Waals surface area contributed by atoms with E-state index in [4.69, 9.17) is 4.74 Å². The summed E-state index contributed by atoms with van der Waals surface area (Å²) in [6.45, 7) is 4.80. The largest absolute Gasteiger partial charge is 0.466 e. The van der Waals surface area contributed by atoms with E-state index in [2.05, 4.69) is 43.5 Å². The predicted molar refractivity (Wildman–Crippen MR) is 264 cm³/mol. The summed E-state index contributed by atoms with van der Waals surface area (Å²) in [5, 5.41) is 23.1. The molecule has 3 N–H and O–H groups in total. The Morgan fingerprint density at radius 3 is 1.16 bits per heavy atom. The van der Waals surface area contributed by atoms with Gasteiger partial charge in [0.25, 0.3) is 0 Å². The Labute approximate surface area is 379 Å². The van der Waals surface area contributed by atoms with Crippen molar-refractivity contribution in [1.82, 2.24) is 5.32 Å². The van der Waals surface area contributed by atoms with Crippen LogP contribution in [0.25, 0.3) is 0 Å². The quantitative estimate of drug-likeness (QED) is 0.0322. The lowest BCUT2D eigenvalue weighted by Gasteiger charge is -2.20. The number of allylic oxidation sites excluding steroid dienone is 5. The summed E-state index contributed by atoms with van der Waals surface area (Å²) < 4.78 is 5.42. The van der Waals surface area contributed by atoms with Crippen molar-refractivity contribution in [2.75, 3.05) is 13.2 Å². The van der Waals surface area contributed by atoms with E-state index in [1.165, 1.54) is 173 Å². The third-order valence-electron chi connectivity index (χ3n) is 12.1. The summed E-state index contributed by atoms with van der Waals surface area (Å²) >= 11 is 0.